The molecular formula is C18H22FN. The molecular weight excluding hydrogens is 249 g/mol. The second-order valence-electron chi connectivity index (χ2n) is 5.21. The molecule has 0 radical (unpaired) electrons. The molecule has 0 fully saturated rings. The Bertz CT molecular complexity index is 536. The minimum Gasteiger partial charge on any atom is -0.313 e. The first kappa shape index (κ1) is 14.7. The molecule has 0 aliphatic heterocycles. The van der Waals surface area contributed by atoms with Gasteiger partial charge in [-0.3, -0.25) is 0 Å². The van der Waals surface area contributed by atoms with Crippen molar-refractivity contribution in [2.45, 2.75) is 32.2 Å². The van der Waals surface area contributed by atoms with Crippen molar-refractivity contribution in [2.24, 2.45) is 0 Å². The zero-order valence-electron chi connectivity index (χ0n) is 12.2. The molecule has 1 nitrogen and oxygen atoms in total. The van der Waals surface area contributed by atoms with Crippen LogP contribution in [0, 0.1) is 12.7 Å². The molecule has 106 valence electrons. The maximum Gasteiger partial charge on any atom is 0.123 e. The smallest absolute Gasteiger partial charge is 0.123 e. The molecule has 20 heavy (non-hydrogen) atoms. The third-order valence-corrected chi connectivity index (χ3v) is 3.80. The zero-order valence-corrected chi connectivity index (χ0v) is 12.2. The largest absolute Gasteiger partial charge is 0.313 e. The lowest BCUT2D eigenvalue weighted by Crippen LogP contribution is -2.16. The molecule has 0 aromatic heterocycles. The van der Waals surface area contributed by atoms with E-state index in [4.69, 9.17) is 0 Å². The fraction of sp³-hybridized carbons (Fsp3) is 0.333. The van der Waals surface area contributed by atoms with Gasteiger partial charge in [0.25, 0.3) is 0 Å². The van der Waals surface area contributed by atoms with Crippen molar-refractivity contribution >= 4 is 0 Å². The fourth-order valence-corrected chi connectivity index (χ4v) is 2.57. The Labute approximate surface area is 120 Å². The van der Waals surface area contributed by atoms with Crippen LogP contribution in [0.3, 0.4) is 0 Å². The first-order valence-electron chi connectivity index (χ1n) is 7.18. The molecule has 1 atom stereocenters. The number of nitrogens with one attached hydrogen (secondary N) is 1. The molecule has 2 rings (SSSR count). The summed E-state index contributed by atoms with van der Waals surface area (Å²) in [5.74, 6) is -0.140. The van der Waals surface area contributed by atoms with Crippen LogP contribution in [0.1, 0.15) is 35.6 Å². The van der Waals surface area contributed by atoms with Crippen molar-refractivity contribution in [1.29, 1.82) is 0 Å². The standard InChI is InChI=1S/C18H22FN/c1-14-11-12-17(19)13-16(14)9-6-10-18(20-2)15-7-4-3-5-8-15/h3-5,7-8,11-13,18,20H,6,9-10H2,1-2H3. The molecule has 2 heteroatoms. The van der Waals surface area contributed by atoms with E-state index in [9.17, 15) is 4.39 Å². The van der Waals surface area contributed by atoms with Gasteiger partial charge >= 0.3 is 0 Å². The second-order valence-corrected chi connectivity index (χ2v) is 5.21. The summed E-state index contributed by atoms with van der Waals surface area (Å²) in [7, 11) is 1.99. The van der Waals surface area contributed by atoms with Gasteiger partial charge in [-0.25, -0.2) is 4.39 Å². The summed E-state index contributed by atoms with van der Waals surface area (Å²) < 4.78 is 13.3. The van der Waals surface area contributed by atoms with Gasteiger partial charge in [-0.15, -0.1) is 0 Å². The number of aryl methyl sites for hydroxylation is 2. The lowest BCUT2D eigenvalue weighted by Gasteiger charge is -2.16. The third kappa shape index (κ3) is 3.91. The van der Waals surface area contributed by atoms with Crippen LogP contribution < -0.4 is 5.32 Å². The predicted molar refractivity (Wildman–Crippen MR) is 82.3 cm³/mol. The van der Waals surface area contributed by atoms with Crippen LogP contribution in [-0.2, 0) is 6.42 Å². The van der Waals surface area contributed by atoms with Crippen LogP contribution in [0.2, 0.25) is 0 Å². The van der Waals surface area contributed by atoms with Crippen LogP contribution in [0.4, 0.5) is 4.39 Å². The molecule has 0 bridgehead atoms. The van der Waals surface area contributed by atoms with Gasteiger partial charge in [-0.05, 0) is 62.1 Å². The maximum absolute atomic E-state index is 13.3. The summed E-state index contributed by atoms with van der Waals surface area (Å²) in [5.41, 5.74) is 3.60. The molecule has 0 amide bonds. The number of hydrogen-bond donors (Lipinski definition) is 1. The van der Waals surface area contributed by atoms with E-state index in [-0.39, 0.29) is 5.82 Å². The normalized spacial score (nSPS) is 12.3. The minimum absolute atomic E-state index is 0.140. The molecule has 0 aliphatic carbocycles. The molecule has 0 heterocycles. The van der Waals surface area contributed by atoms with E-state index >= 15 is 0 Å². The zero-order chi connectivity index (χ0) is 14.4. The average molecular weight is 271 g/mol. The number of benzene rings is 2. The SMILES string of the molecule is CNC(CCCc1cc(F)ccc1C)c1ccccc1. The van der Waals surface area contributed by atoms with Crippen molar-refractivity contribution in [3.05, 3.63) is 71.0 Å². The summed E-state index contributed by atoms with van der Waals surface area (Å²) in [5, 5.41) is 3.36. The first-order valence-corrected chi connectivity index (χ1v) is 7.18. The lowest BCUT2D eigenvalue weighted by atomic mass is 9.97. The highest BCUT2D eigenvalue weighted by Crippen LogP contribution is 2.20. The van der Waals surface area contributed by atoms with Gasteiger partial charge in [-0.1, -0.05) is 36.4 Å². The first-order chi connectivity index (χ1) is 9.70. The number of rotatable bonds is 6. The van der Waals surface area contributed by atoms with Gasteiger partial charge in [-0.2, -0.15) is 0 Å². The van der Waals surface area contributed by atoms with Crippen LogP contribution in [-0.4, -0.2) is 7.05 Å². The maximum atomic E-state index is 13.3. The molecule has 2 aromatic carbocycles. The highest BCUT2D eigenvalue weighted by molar-refractivity contribution is 5.26. The number of hydrogen-bond acceptors (Lipinski definition) is 1. The lowest BCUT2D eigenvalue weighted by molar-refractivity contribution is 0.526. The van der Waals surface area contributed by atoms with Crippen LogP contribution in [0.25, 0.3) is 0 Å². The highest BCUT2D eigenvalue weighted by atomic mass is 19.1. The van der Waals surface area contributed by atoms with E-state index < -0.39 is 0 Å². The number of halogens is 1. The highest BCUT2D eigenvalue weighted by Gasteiger charge is 2.09. The Morgan fingerprint density at radius 3 is 2.55 bits per heavy atom. The van der Waals surface area contributed by atoms with Crippen molar-refractivity contribution in [2.75, 3.05) is 7.05 Å². The Morgan fingerprint density at radius 1 is 1.10 bits per heavy atom. The third-order valence-electron chi connectivity index (χ3n) is 3.80. The Hall–Kier alpha value is -1.67. The van der Waals surface area contributed by atoms with Crippen molar-refractivity contribution < 1.29 is 4.39 Å². The van der Waals surface area contributed by atoms with Crippen molar-refractivity contribution in [1.82, 2.24) is 5.32 Å². The second kappa shape index (κ2) is 7.20. The predicted octanol–water partition coefficient (Wildman–Crippen LogP) is 4.42. The van der Waals surface area contributed by atoms with E-state index in [1.165, 1.54) is 17.2 Å². The van der Waals surface area contributed by atoms with Gasteiger partial charge < -0.3 is 5.32 Å². The van der Waals surface area contributed by atoms with E-state index in [2.05, 4.69) is 29.6 Å². The fourth-order valence-electron chi connectivity index (χ4n) is 2.57. The Morgan fingerprint density at radius 2 is 1.85 bits per heavy atom. The van der Waals surface area contributed by atoms with Gasteiger partial charge in [0.05, 0.1) is 0 Å². The summed E-state index contributed by atoms with van der Waals surface area (Å²) in [6, 6.07) is 15.9. The van der Waals surface area contributed by atoms with Crippen LogP contribution >= 0.6 is 0 Å². The van der Waals surface area contributed by atoms with Gasteiger partial charge in [0.15, 0.2) is 0 Å². The van der Waals surface area contributed by atoms with E-state index in [1.807, 2.05) is 26.1 Å². The monoisotopic (exact) mass is 271 g/mol. The summed E-state index contributed by atoms with van der Waals surface area (Å²) in [4.78, 5) is 0. The van der Waals surface area contributed by atoms with E-state index in [1.54, 1.807) is 6.07 Å². The van der Waals surface area contributed by atoms with E-state index in [0.29, 0.717) is 6.04 Å². The molecule has 2 aromatic rings. The summed E-state index contributed by atoms with van der Waals surface area (Å²) >= 11 is 0. The van der Waals surface area contributed by atoms with E-state index in [0.717, 1.165) is 24.8 Å². The topological polar surface area (TPSA) is 12.0 Å². The average Bonchev–Trinajstić information content (AvgIpc) is 2.48. The molecule has 0 saturated carbocycles. The van der Waals surface area contributed by atoms with Crippen LogP contribution in [0.15, 0.2) is 48.5 Å². The summed E-state index contributed by atoms with van der Waals surface area (Å²) in [6.07, 6.45) is 3.02. The van der Waals surface area contributed by atoms with Crippen molar-refractivity contribution in [3.63, 3.8) is 0 Å². The molecule has 0 spiro atoms. The quantitative estimate of drug-likeness (QED) is 0.820. The van der Waals surface area contributed by atoms with Gasteiger partial charge in [0.1, 0.15) is 5.82 Å². The molecule has 0 aliphatic rings. The van der Waals surface area contributed by atoms with Crippen LogP contribution in [0.5, 0.6) is 0 Å². The molecule has 1 unspecified atom stereocenters. The minimum atomic E-state index is -0.140. The van der Waals surface area contributed by atoms with Gasteiger partial charge in [0.2, 0.25) is 0 Å². The molecule has 0 saturated heterocycles. The van der Waals surface area contributed by atoms with Gasteiger partial charge in [0, 0.05) is 6.04 Å². The molecule has 1 N–H and O–H groups in total. The Kier molecular flexibility index (Phi) is 5.31. The Balaban J connectivity index is 1.93. The summed E-state index contributed by atoms with van der Waals surface area (Å²) in [6.45, 7) is 2.04. The van der Waals surface area contributed by atoms with Crippen molar-refractivity contribution in [3.8, 4) is 0 Å².